The molecule has 1 saturated heterocycles. The third kappa shape index (κ3) is 4.20. The van der Waals surface area contributed by atoms with E-state index >= 15 is 0 Å². The molecule has 2 fully saturated rings. The number of likely N-dealkylation sites (tertiary alicyclic amines) is 1. The standard InChI is InChI=1S/C23H22F3NO3/c24-23(25,26)17-5-1-14(2-6-17)19-13-20(19)22(30)27-11-9-16(10-12-27)21(29)15-3-7-18(28)8-4-15/h1-8,16,19-20,28H,9-13H2. The molecule has 1 aliphatic carbocycles. The molecule has 2 aromatic carbocycles. The number of carbonyl (C=O) groups is 2. The van der Waals surface area contributed by atoms with Gasteiger partial charge in [0, 0.05) is 30.5 Å². The third-order valence-electron chi connectivity index (χ3n) is 6.10. The molecule has 0 aromatic heterocycles. The third-order valence-corrected chi connectivity index (χ3v) is 6.10. The smallest absolute Gasteiger partial charge is 0.416 e. The Morgan fingerprint density at radius 2 is 1.53 bits per heavy atom. The minimum Gasteiger partial charge on any atom is -0.508 e. The molecule has 1 aliphatic heterocycles. The van der Waals surface area contributed by atoms with E-state index in [0.717, 1.165) is 17.7 Å². The average molecular weight is 417 g/mol. The molecular weight excluding hydrogens is 395 g/mol. The number of ketones is 1. The Bertz CT molecular complexity index is 930. The second-order valence-corrected chi connectivity index (χ2v) is 8.08. The van der Waals surface area contributed by atoms with Gasteiger partial charge in [0.2, 0.25) is 5.91 Å². The second kappa shape index (κ2) is 7.78. The first-order valence-electron chi connectivity index (χ1n) is 10.0. The maximum absolute atomic E-state index is 12.8. The first kappa shape index (κ1) is 20.4. The lowest BCUT2D eigenvalue weighted by Gasteiger charge is -2.31. The molecule has 7 heteroatoms. The van der Waals surface area contributed by atoms with Crippen LogP contribution in [-0.2, 0) is 11.0 Å². The molecule has 2 unspecified atom stereocenters. The van der Waals surface area contributed by atoms with Gasteiger partial charge in [0.1, 0.15) is 5.75 Å². The van der Waals surface area contributed by atoms with Crippen LogP contribution in [0.25, 0.3) is 0 Å². The monoisotopic (exact) mass is 417 g/mol. The number of aromatic hydroxyl groups is 1. The van der Waals surface area contributed by atoms with Crippen molar-refractivity contribution in [3.63, 3.8) is 0 Å². The number of amides is 1. The molecule has 4 rings (SSSR count). The van der Waals surface area contributed by atoms with Crippen molar-refractivity contribution in [3.8, 4) is 5.75 Å². The van der Waals surface area contributed by atoms with Gasteiger partial charge in [-0.05, 0) is 67.1 Å². The van der Waals surface area contributed by atoms with E-state index in [0.29, 0.717) is 37.9 Å². The van der Waals surface area contributed by atoms with Crippen LogP contribution in [0, 0.1) is 11.8 Å². The van der Waals surface area contributed by atoms with Crippen LogP contribution in [0.1, 0.15) is 46.7 Å². The summed E-state index contributed by atoms with van der Waals surface area (Å²) in [4.78, 5) is 27.2. The van der Waals surface area contributed by atoms with E-state index in [1.807, 2.05) is 0 Å². The highest BCUT2D eigenvalue weighted by Gasteiger charge is 2.46. The van der Waals surface area contributed by atoms with Crippen molar-refractivity contribution in [3.05, 3.63) is 65.2 Å². The number of nitrogens with zero attached hydrogens (tertiary/aromatic N) is 1. The van der Waals surface area contributed by atoms with Gasteiger partial charge in [0.25, 0.3) is 0 Å². The summed E-state index contributed by atoms with van der Waals surface area (Å²) in [6.45, 7) is 1.01. The van der Waals surface area contributed by atoms with E-state index in [9.17, 15) is 27.9 Å². The van der Waals surface area contributed by atoms with Gasteiger partial charge >= 0.3 is 6.18 Å². The Balaban J connectivity index is 1.31. The number of carbonyl (C=O) groups excluding carboxylic acids is 2. The van der Waals surface area contributed by atoms with Gasteiger partial charge in [-0.25, -0.2) is 0 Å². The number of alkyl halides is 3. The van der Waals surface area contributed by atoms with Crippen LogP contribution < -0.4 is 0 Å². The van der Waals surface area contributed by atoms with Crippen LogP contribution in [0.5, 0.6) is 5.75 Å². The highest BCUT2D eigenvalue weighted by atomic mass is 19.4. The molecule has 30 heavy (non-hydrogen) atoms. The van der Waals surface area contributed by atoms with E-state index in [2.05, 4.69) is 0 Å². The van der Waals surface area contributed by atoms with Gasteiger partial charge in [0.15, 0.2) is 5.78 Å². The summed E-state index contributed by atoms with van der Waals surface area (Å²) in [6.07, 6.45) is -2.54. The number of rotatable bonds is 4. The molecule has 0 bridgehead atoms. The Hall–Kier alpha value is -2.83. The summed E-state index contributed by atoms with van der Waals surface area (Å²) in [7, 11) is 0. The van der Waals surface area contributed by atoms with Gasteiger partial charge in [-0.3, -0.25) is 9.59 Å². The Kier molecular flexibility index (Phi) is 5.30. The largest absolute Gasteiger partial charge is 0.508 e. The lowest BCUT2D eigenvalue weighted by atomic mass is 9.88. The summed E-state index contributed by atoms with van der Waals surface area (Å²) >= 11 is 0. The summed E-state index contributed by atoms with van der Waals surface area (Å²) in [5.41, 5.74) is 0.635. The Morgan fingerprint density at radius 3 is 2.10 bits per heavy atom. The van der Waals surface area contributed by atoms with Crippen molar-refractivity contribution in [2.45, 2.75) is 31.4 Å². The van der Waals surface area contributed by atoms with Crippen LogP contribution in [0.15, 0.2) is 48.5 Å². The number of hydrogen-bond donors (Lipinski definition) is 1. The number of halogens is 3. The highest BCUT2D eigenvalue weighted by molar-refractivity contribution is 5.98. The fraction of sp³-hybridized carbons (Fsp3) is 0.391. The van der Waals surface area contributed by atoms with E-state index in [4.69, 9.17) is 0 Å². The zero-order chi connectivity index (χ0) is 21.5. The van der Waals surface area contributed by atoms with E-state index in [1.54, 1.807) is 17.0 Å². The zero-order valence-electron chi connectivity index (χ0n) is 16.2. The van der Waals surface area contributed by atoms with Crippen molar-refractivity contribution < 1.29 is 27.9 Å². The Morgan fingerprint density at radius 1 is 0.933 bits per heavy atom. The molecule has 2 aromatic rings. The topological polar surface area (TPSA) is 57.6 Å². The minimum absolute atomic E-state index is 0.0235. The molecular formula is C23H22F3NO3. The molecule has 0 spiro atoms. The van der Waals surface area contributed by atoms with Gasteiger partial charge in [0.05, 0.1) is 5.56 Å². The van der Waals surface area contributed by atoms with Crippen LogP contribution in [0.4, 0.5) is 13.2 Å². The van der Waals surface area contributed by atoms with Gasteiger partial charge in [-0.2, -0.15) is 13.2 Å². The van der Waals surface area contributed by atoms with Crippen LogP contribution in [-0.4, -0.2) is 34.8 Å². The predicted octanol–water partition coefficient (Wildman–Crippen LogP) is 4.64. The molecule has 1 heterocycles. The van der Waals surface area contributed by atoms with E-state index < -0.39 is 11.7 Å². The molecule has 2 aliphatic rings. The summed E-state index contributed by atoms with van der Waals surface area (Å²) in [6, 6.07) is 11.2. The lowest BCUT2D eigenvalue weighted by molar-refractivity contribution is -0.137. The first-order valence-corrected chi connectivity index (χ1v) is 10.0. The maximum Gasteiger partial charge on any atom is 0.416 e. The zero-order valence-corrected chi connectivity index (χ0v) is 16.2. The Labute approximate surface area is 172 Å². The van der Waals surface area contributed by atoms with Gasteiger partial charge in [-0.15, -0.1) is 0 Å². The van der Waals surface area contributed by atoms with Crippen molar-refractivity contribution in [2.75, 3.05) is 13.1 Å². The van der Waals surface area contributed by atoms with Crippen molar-refractivity contribution in [1.29, 1.82) is 0 Å². The second-order valence-electron chi connectivity index (χ2n) is 8.08. The van der Waals surface area contributed by atoms with Crippen molar-refractivity contribution in [2.24, 2.45) is 11.8 Å². The lowest BCUT2D eigenvalue weighted by Crippen LogP contribution is -2.41. The predicted molar refractivity (Wildman–Crippen MR) is 104 cm³/mol. The first-order chi connectivity index (χ1) is 14.2. The number of benzene rings is 2. The van der Waals surface area contributed by atoms with Crippen LogP contribution in [0.2, 0.25) is 0 Å². The van der Waals surface area contributed by atoms with Crippen molar-refractivity contribution >= 4 is 11.7 Å². The quantitative estimate of drug-likeness (QED) is 0.738. The van der Waals surface area contributed by atoms with Crippen molar-refractivity contribution in [1.82, 2.24) is 4.90 Å². The summed E-state index contributed by atoms with van der Waals surface area (Å²) in [5, 5.41) is 9.35. The normalized spacial score (nSPS) is 22.0. The maximum atomic E-state index is 12.8. The molecule has 1 N–H and O–H groups in total. The highest BCUT2D eigenvalue weighted by Crippen LogP contribution is 2.49. The summed E-state index contributed by atoms with van der Waals surface area (Å²) in [5.74, 6) is -0.212. The molecule has 158 valence electrons. The minimum atomic E-state index is -4.36. The average Bonchev–Trinajstić information content (AvgIpc) is 3.54. The molecule has 2 atom stereocenters. The molecule has 4 nitrogen and oxygen atoms in total. The van der Waals surface area contributed by atoms with Gasteiger partial charge < -0.3 is 10.0 Å². The van der Waals surface area contributed by atoms with E-state index in [1.165, 1.54) is 24.3 Å². The van der Waals surface area contributed by atoms with Gasteiger partial charge in [-0.1, -0.05) is 12.1 Å². The van der Waals surface area contributed by atoms with Crippen LogP contribution in [0.3, 0.4) is 0 Å². The number of hydrogen-bond acceptors (Lipinski definition) is 3. The fourth-order valence-electron chi connectivity index (χ4n) is 4.21. The molecule has 1 saturated carbocycles. The molecule has 1 amide bonds. The fourth-order valence-corrected chi connectivity index (χ4v) is 4.21. The summed E-state index contributed by atoms with van der Waals surface area (Å²) < 4.78 is 38.1. The SMILES string of the molecule is O=C(c1ccc(O)cc1)C1CCN(C(=O)C2CC2c2ccc(C(F)(F)F)cc2)CC1. The number of Topliss-reactive ketones (excluding diaryl/α,β-unsaturated/α-hetero) is 1. The molecule has 0 radical (unpaired) electrons. The number of phenolic OH excluding ortho intramolecular Hbond substituents is 1. The number of piperidine rings is 1. The number of phenols is 1. The van der Waals surface area contributed by atoms with E-state index in [-0.39, 0.29) is 35.2 Å². The van der Waals surface area contributed by atoms with Crippen LogP contribution >= 0.6 is 0 Å².